The molecule has 3 aliphatic rings. The van der Waals surface area contributed by atoms with E-state index >= 15 is 0 Å². The summed E-state index contributed by atoms with van der Waals surface area (Å²) < 4.78 is 52.0. The molecule has 0 spiro atoms. The van der Waals surface area contributed by atoms with Crippen LogP contribution in [0.1, 0.15) is 35.5 Å². The summed E-state index contributed by atoms with van der Waals surface area (Å²) in [5.74, 6) is -1.18. The summed E-state index contributed by atoms with van der Waals surface area (Å²) in [6, 6.07) is 6.22. The zero-order chi connectivity index (χ0) is 30.0. The van der Waals surface area contributed by atoms with Gasteiger partial charge in [-0.05, 0) is 49.6 Å². The minimum Gasteiger partial charge on any atom is -0.474 e. The number of anilines is 1. The first-order valence-electron chi connectivity index (χ1n) is 14.2. The van der Waals surface area contributed by atoms with E-state index in [4.69, 9.17) is 15.2 Å². The molecule has 2 fully saturated rings. The second kappa shape index (κ2) is 12.9. The number of ether oxygens (including phenoxy) is 2. The number of fused-ring (bicyclic) bond motifs is 1. The third kappa shape index (κ3) is 6.69. The van der Waals surface area contributed by atoms with E-state index in [1.807, 2.05) is 18.7 Å². The van der Waals surface area contributed by atoms with Gasteiger partial charge >= 0.3 is 0 Å². The molecule has 0 radical (unpaired) electrons. The normalized spacial score (nSPS) is 25.2. The van der Waals surface area contributed by atoms with E-state index < -0.39 is 18.4 Å². The molecule has 2 saturated heterocycles. The maximum Gasteiger partial charge on any atom is 0.267 e. The van der Waals surface area contributed by atoms with Crippen LogP contribution in [0.5, 0.6) is 5.88 Å². The summed E-state index contributed by atoms with van der Waals surface area (Å²) in [4.78, 5) is 36.1. The number of rotatable bonds is 8. The molecular weight excluding hydrogens is 553 g/mol. The van der Waals surface area contributed by atoms with Gasteiger partial charge in [0.15, 0.2) is 0 Å². The van der Waals surface area contributed by atoms with Gasteiger partial charge < -0.3 is 25.4 Å². The molecule has 228 valence electrons. The van der Waals surface area contributed by atoms with Crippen molar-refractivity contribution in [2.24, 2.45) is 5.73 Å². The lowest BCUT2D eigenvalue weighted by Gasteiger charge is -2.44. The van der Waals surface area contributed by atoms with Crippen LogP contribution in [-0.4, -0.2) is 110 Å². The summed E-state index contributed by atoms with van der Waals surface area (Å²) in [7, 11) is 0. The first-order chi connectivity index (χ1) is 20.1. The summed E-state index contributed by atoms with van der Waals surface area (Å²) in [6.07, 6.45) is -2.28. The maximum atomic E-state index is 14.0. The largest absolute Gasteiger partial charge is 0.474 e. The highest BCUT2D eigenvalue weighted by molar-refractivity contribution is 5.98. The van der Waals surface area contributed by atoms with Gasteiger partial charge in [-0.1, -0.05) is 12.1 Å². The van der Waals surface area contributed by atoms with Gasteiger partial charge in [-0.25, -0.2) is 18.2 Å². The van der Waals surface area contributed by atoms with E-state index in [1.54, 1.807) is 28.0 Å². The zero-order valence-corrected chi connectivity index (χ0v) is 23.8. The third-order valence-electron chi connectivity index (χ3n) is 8.10. The standard InChI is InChI=1S/C29H37F3N6O4/c1-17-12-37(22(11-34-17)13-36-7-8-41-16-24(36)27(31)32)14-25(39)38-18(2)15-42-29-23(38)10-20(26(35-29)28(33)40)9-19-3-5-21(30)6-4-19/h3-6,10,17-18,22,24,27,34H,7-9,11-16H2,1-2H3,(H2,33,40)/t17-,18+,22-,24?/m1/s1. The lowest BCUT2D eigenvalue weighted by molar-refractivity contribution is -0.122. The maximum absolute atomic E-state index is 14.0. The minimum absolute atomic E-state index is 0.0181. The Labute approximate surface area is 242 Å². The smallest absolute Gasteiger partial charge is 0.267 e. The molecule has 0 bridgehead atoms. The lowest BCUT2D eigenvalue weighted by atomic mass is 10.0. The molecular formula is C29H37F3N6O4. The third-order valence-corrected chi connectivity index (χ3v) is 8.10. The number of aromatic nitrogens is 1. The number of morpholine rings is 1. The van der Waals surface area contributed by atoms with Gasteiger partial charge in [0.1, 0.15) is 23.8 Å². The van der Waals surface area contributed by atoms with Crippen molar-refractivity contribution in [3.05, 3.63) is 53.0 Å². The van der Waals surface area contributed by atoms with Crippen molar-refractivity contribution in [3.8, 4) is 5.88 Å². The van der Waals surface area contributed by atoms with Crippen LogP contribution in [-0.2, 0) is 16.0 Å². The van der Waals surface area contributed by atoms with Gasteiger partial charge in [0, 0.05) is 38.3 Å². The predicted octanol–water partition coefficient (Wildman–Crippen LogP) is 1.65. The van der Waals surface area contributed by atoms with Gasteiger partial charge in [0.25, 0.3) is 12.3 Å². The van der Waals surface area contributed by atoms with Crippen LogP contribution in [0.25, 0.3) is 0 Å². The molecule has 1 aromatic carbocycles. The first-order valence-corrected chi connectivity index (χ1v) is 14.2. The second-order valence-electron chi connectivity index (χ2n) is 11.3. The molecule has 1 unspecified atom stereocenters. The van der Waals surface area contributed by atoms with Crippen molar-refractivity contribution < 1.29 is 32.2 Å². The number of hydrogen-bond acceptors (Lipinski definition) is 8. The number of hydrogen-bond donors (Lipinski definition) is 2. The molecule has 3 N–H and O–H groups in total. The van der Waals surface area contributed by atoms with Gasteiger partial charge in [-0.15, -0.1) is 0 Å². The SMILES string of the molecule is C[C@@H]1CN(CC(=O)N2c3cc(Cc4ccc(F)cc4)c(C(N)=O)nc3OC[C@@H]2C)[C@@H](CN2CCOCC2C(F)F)CN1. The molecule has 2 aromatic rings. The van der Waals surface area contributed by atoms with Gasteiger partial charge in [0.2, 0.25) is 11.8 Å². The number of nitrogens with one attached hydrogen (secondary N) is 1. The number of pyridine rings is 1. The van der Waals surface area contributed by atoms with Crippen LogP contribution < -0.4 is 20.7 Å². The van der Waals surface area contributed by atoms with Crippen LogP contribution in [0.3, 0.4) is 0 Å². The average Bonchev–Trinajstić information content (AvgIpc) is 2.95. The van der Waals surface area contributed by atoms with Crippen molar-refractivity contribution in [2.45, 2.75) is 50.9 Å². The minimum atomic E-state index is -2.52. The Morgan fingerprint density at radius 2 is 1.93 bits per heavy atom. The lowest BCUT2D eigenvalue weighted by Crippen LogP contribution is -2.63. The number of halogens is 3. The van der Waals surface area contributed by atoms with E-state index in [9.17, 15) is 22.8 Å². The van der Waals surface area contributed by atoms with E-state index in [0.29, 0.717) is 44.0 Å². The molecule has 2 amide bonds. The summed E-state index contributed by atoms with van der Waals surface area (Å²) >= 11 is 0. The number of nitrogens with two attached hydrogens (primary N) is 1. The Hall–Kier alpha value is -3.26. The van der Waals surface area contributed by atoms with Crippen molar-refractivity contribution >= 4 is 17.5 Å². The van der Waals surface area contributed by atoms with E-state index in [-0.39, 0.29) is 67.6 Å². The second-order valence-corrected chi connectivity index (χ2v) is 11.3. The number of nitrogens with zero attached hydrogens (tertiary/aromatic N) is 4. The quantitative estimate of drug-likeness (QED) is 0.478. The number of carbonyl (C=O) groups excluding carboxylic acids is 2. The van der Waals surface area contributed by atoms with Crippen LogP contribution in [0, 0.1) is 5.82 Å². The van der Waals surface area contributed by atoms with Crippen LogP contribution in [0.2, 0.25) is 0 Å². The molecule has 5 rings (SSSR count). The summed E-state index contributed by atoms with van der Waals surface area (Å²) in [5.41, 5.74) is 7.31. The fourth-order valence-electron chi connectivity index (χ4n) is 5.91. The van der Waals surface area contributed by atoms with Crippen LogP contribution in [0.15, 0.2) is 30.3 Å². The molecule has 3 aliphatic heterocycles. The highest BCUT2D eigenvalue weighted by Gasteiger charge is 2.38. The predicted molar refractivity (Wildman–Crippen MR) is 149 cm³/mol. The number of primary amides is 1. The zero-order valence-electron chi connectivity index (χ0n) is 23.8. The van der Waals surface area contributed by atoms with Crippen LogP contribution >= 0.6 is 0 Å². The van der Waals surface area contributed by atoms with E-state index in [1.165, 1.54) is 12.1 Å². The summed E-state index contributed by atoms with van der Waals surface area (Å²) in [6.45, 7) is 6.41. The Bertz CT molecular complexity index is 1280. The topological polar surface area (TPSA) is 113 Å². The molecule has 4 heterocycles. The average molecular weight is 591 g/mol. The molecule has 4 atom stereocenters. The molecule has 0 aliphatic carbocycles. The number of piperazine rings is 1. The van der Waals surface area contributed by atoms with Crippen LogP contribution in [0.4, 0.5) is 18.9 Å². The first kappa shape index (κ1) is 30.2. The van der Waals surface area contributed by atoms with E-state index in [2.05, 4.69) is 10.3 Å². The highest BCUT2D eigenvalue weighted by atomic mass is 19.3. The Morgan fingerprint density at radius 1 is 1.17 bits per heavy atom. The Morgan fingerprint density at radius 3 is 2.64 bits per heavy atom. The fourth-order valence-corrected chi connectivity index (χ4v) is 5.91. The Balaban J connectivity index is 1.39. The van der Waals surface area contributed by atoms with Crippen molar-refractivity contribution in [1.82, 2.24) is 20.1 Å². The van der Waals surface area contributed by atoms with Crippen molar-refractivity contribution in [1.29, 1.82) is 0 Å². The van der Waals surface area contributed by atoms with Crippen molar-refractivity contribution in [3.63, 3.8) is 0 Å². The molecule has 10 nitrogen and oxygen atoms in total. The molecule has 1 aromatic heterocycles. The Kier molecular flexibility index (Phi) is 9.31. The molecule has 0 saturated carbocycles. The van der Waals surface area contributed by atoms with Gasteiger partial charge in [-0.2, -0.15) is 0 Å². The number of alkyl halides is 2. The number of carbonyl (C=O) groups is 2. The fraction of sp³-hybridized carbons (Fsp3) is 0.552. The van der Waals surface area contributed by atoms with Crippen molar-refractivity contribution in [2.75, 3.05) is 57.4 Å². The molecule has 13 heteroatoms. The summed E-state index contributed by atoms with van der Waals surface area (Å²) in [5, 5.41) is 3.41. The highest BCUT2D eigenvalue weighted by Crippen LogP contribution is 2.35. The monoisotopic (exact) mass is 590 g/mol. The van der Waals surface area contributed by atoms with Gasteiger partial charge in [0.05, 0.1) is 31.8 Å². The molecule has 42 heavy (non-hydrogen) atoms. The number of benzene rings is 1. The number of amides is 2. The van der Waals surface area contributed by atoms with E-state index in [0.717, 1.165) is 5.56 Å². The van der Waals surface area contributed by atoms with Gasteiger partial charge in [-0.3, -0.25) is 19.4 Å².